The van der Waals surface area contributed by atoms with Crippen LogP contribution in [0.1, 0.15) is 30.2 Å². The van der Waals surface area contributed by atoms with Crippen LogP contribution < -0.4 is 10.6 Å². The third kappa shape index (κ3) is 4.67. The van der Waals surface area contributed by atoms with Crippen LogP contribution in [0, 0.1) is 0 Å². The summed E-state index contributed by atoms with van der Waals surface area (Å²) in [5.74, 6) is 0.394. The molecule has 0 fully saturated rings. The number of aromatic nitrogens is 4. The Labute approximate surface area is 201 Å². The Morgan fingerprint density at radius 1 is 0.971 bits per heavy atom. The van der Waals surface area contributed by atoms with E-state index in [4.69, 9.17) is 0 Å². The van der Waals surface area contributed by atoms with Crippen molar-refractivity contribution in [2.45, 2.75) is 26.3 Å². The summed E-state index contributed by atoms with van der Waals surface area (Å²) in [5, 5.41) is 6.29. The summed E-state index contributed by atoms with van der Waals surface area (Å²) in [6.07, 6.45) is 9.31. The SMILES string of the molecule is CC(C)c1cnc(NC(=O)NCc2ccc(-c3cnc4cc(-c5ccncc5)ccn34)cc2)s1. The molecule has 4 heterocycles. The van der Waals surface area contributed by atoms with Crippen LogP contribution in [0.25, 0.3) is 28.0 Å². The number of urea groups is 1. The van der Waals surface area contributed by atoms with Gasteiger partial charge in [0.1, 0.15) is 5.65 Å². The van der Waals surface area contributed by atoms with E-state index in [-0.39, 0.29) is 6.03 Å². The van der Waals surface area contributed by atoms with E-state index in [1.807, 2.05) is 55.0 Å². The lowest BCUT2D eigenvalue weighted by molar-refractivity contribution is 0.251. The standard InChI is InChI=1S/C26H24N6OS/c1-17(2)23-16-30-26(34-23)31-25(33)29-14-18-3-5-20(6-4-18)22-15-28-24-13-21(9-12-32(22)24)19-7-10-27-11-8-19/h3-13,15-17H,14H2,1-2H3,(H2,29,30,31,33). The highest BCUT2D eigenvalue weighted by Gasteiger charge is 2.10. The number of rotatable bonds is 6. The van der Waals surface area contributed by atoms with Crippen molar-refractivity contribution in [2.75, 3.05) is 5.32 Å². The molecule has 0 saturated carbocycles. The largest absolute Gasteiger partial charge is 0.334 e. The summed E-state index contributed by atoms with van der Waals surface area (Å²) in [4.78, 5) is 26.3. The molecular formula is C26H24N6OS. The molecule has 0 aliphatic heterocycles. The molecule has 0 aliphatic carbocycles. The lowest BCUT2D eigenvalue weighted by Crippen LogP contribution is -2.28. The first kappa shape index (κ1) is 21.8. The number of imidazole rings is 1. The fourth-order valence-corrected chi connectivity index (χ4v) is 4.46. The van der Waals surface area contributed by atoms with E-state index in [1.165, 1.54) is 11.3 Å². The van der Waals surface area contributed by atoms with E-state index in [0.717, 1.165) is 38.5 Å². The lowest BCUT2D eigenvalue weighted by Gasteiger charge is -2.08. The molecule has 0 radical (unpaired) electrons. The quantitative estimate of drug-likeness (QED) is 0.322. The normalized spacial score (nSPS) is 11.1. The molecule has 0 unspecified atom stereocenters. The molecule has 4 aromatic heterocycles. The number of fused-ring (bicyclic) bond motifs is 1. The van der Waals surface area contributed by atoms with Crippen molar-refractivity contribution in [3.63, 3.8) is 0 Å². The molecule has 7 nitrogen and oxygen atoms in total. The van der Waals surface area contributed by atoms with Crippen LogP contribution in [0.3, 0.4) is 0 Å². The first-order valence-electron chi connectivity index (χ1n) is 11.0. The molecule has 0 spiro atoms. The van der Waals surface area contributed by atoms with Gasteiger partial charge in [-0.05, 0) is 46.9 Å². The molecule has 2 amide bonds. The number of thiazole rings is 1. The molecule has 0 bridgehead atoms. The summed E-state index contributed by atoms with van der Waals surface area (Å²) in [6, 6.07) is 16.0. The molecule has 170 valence electrons. The van der Waals surface area contributed by atoms with Gasteiger partial charge in [-0.1, -0.05) is 38.1 Å². The van der Waals surface area contributed by atoms with Gasteiger partial charge in [0.25, 0.3) is 0 Å². The summed E-state index contributed by atoms with van der Waals surface area (Å²) in [7, 11) is 0. The monoisotopic (exact) mass is 468 g/mol. The summed E-state index contributed by atoms with van der Waals surface area (Å²) < 4.78 is 2.07. The molecule has 5 aromatic rings. The first-order chi connectivity index (χ1) is 16.6. The van der Waals surface area contributed by atoms with E-state index in [2.05, 4.69) is 56.0 Å². The molecule has 2 N–H and O–H groups in total. The average molecular weight is 469 g/mol. The van der Waals surface area contributed by atoms with Crippen molar-refractivity contribution in [3.05, 3.63) is 90.0 Å². The predicted octanol–water partition coefficient (Wildman–Crippen LogP) is 5.96. The van der Waals surface area contributed by atoms with Crippen LogP contribution in [0.4, 0.5) is 9.93 Å². The minimum atomic E-state index is -0.263. The maximum Gasteiger partial charge on any atom is 0.321 e. The van der Waals surface area contributed by atoms with Crippen LogP contribution in [0.5, 0.6) is 0 Å². The second-order valence-electron chi connectivity index (χ2n) is 8.25. The molecule has 8 heteroatoms. The minimum absolute atomic E-state index is 0.263. The second-order valence-corrected chi connectivity index (χ2v) is 9.31. The van der Waals surface area contributed by atoms with E-state index >= 15 is 0 Å². The Morgan fingerprint density at radius 2 is 1.76 bits per heavy atom. The fourth-order valence-electron chi connectivity index (χ4n) is 3.65. The topological polar surface area (TPSA) is 84.2 Å². The number of nitrogens with zero attached hydrogens (tertiary/aromatic N) is 4. The molecule has 5 rings (SSSR count). The summed E-state index contributed by atoms with van der Waals surface area (Å²) >= 11 is 1.50. The van der Waals surface area contributed by atoms with Gasteiger partial charge >= 0.3 is 6.03 Å². The smallest absolute Gasteiger partial charge is 0.321 e. The van der Waals surface area contributed by atoms with Crippen molar-refractivity contribution in [1.29, 1.82) is 0 Å². The van der Waals surface area contributed by atoms with Crippen molar-refractivity contribution in [3.8, 4) is 22.4 Å². The van der Waals surface area contributed by atoms with E-state index in [0.29, 0.717) is 17.6 Å². The number of anilines is 1. The Hall–Kier alpha value is -4.04. The third-order valence-electron chi connectivity index (χ3n) is 5.54. The summed E-state index contributed by atoms with van der Waals surface area (Å²) in [6.45, 7) is 4.64. The highest BCUT2D eigenvalue weighted by molar-refractivity contribution is 7.15. The minimum Gasteiger partial charge on any atom is -0.334 e. The first-order valence-corrected chi connectivity index (χ1v) is 11.9. The zero-order valence-electron chi connectivity index (χ0n) is 18.9. The van der Waals surface area contributed by atoms with Crippen molar-refractivity contribution >= 4 is 28.1 Å². The highest BCUT2D eigenvalue weighted by atomic mass is 32.1. The zero-order valence-corrected chi connectivity index (χ0v) is 19.7. The van der Waals surface area contributed by atoms with Gasteiger partial charge in [0.05, 0.1) is 11.9 Å². The number of amides is 2. The second kappa shape index (κ2) is 9.44. The maximum atomic E-state index is 12.2. The van der Waals surface area contributed by atoms with Gasteiger partial charge in [-0.15, -0.1) is 11.3 Å². The Balaban J connectivity index is 1.24. The molecule has 0 saturated heterocycles. The Bertz CT molecular complexity index is 1420. The average Bonchev–Trinajstić information content (AvgIpc) is 3.50. The van der Waals surface area contributed by atoms with Crippen LogP contribution in [-0.2, 0) is 6.54 Å². The van der Waals surface area contributed by atoms with Gasteiger partial charge in [0, 0.05) is 41.8 Å². The molecule has 0 atom stereocenters. The van der Waals surface area contributed by atoms with Crippen LogP contribution in [-0.4, -0.2) is 25.4 Å². The van der Waals surface area contributed by atoms with Crippen LogP contribution >= 0.6 is 11.3 Å². The third-order valence-corrected chi connectivity index (χ3v) is 6.76. The number of hydrogen-bond donors (Lipinski definition) is 2. The highest BCUT2D eigenvalue weighted by Crippen LogP contribution is 2.26. The van der Waals surface area contributed by atoms with Crippen LogP contribution in [0.2, 0.25) is 0 Å². The van der Waals surface area contributed by atoms with E-state index in [9.17, 15) is 4.79 Å². The predicted molar refractivity (Wildman–Crippen MR) is 136 cm³/mol. The van der Waals surface area contributed by atoms with Crippen molar-refractivity contribution in [2.24, 2.45) is 0 Å². The van der Waals surface area contributed by atoms with Gasteiger partial charge in [-0.3, -0.25) is 14.7 Å². The van der Waals surface area contributed by atoms with E-state index in [1.54, 1.807) is 12.4 Å². The zero-order chi connectivity index (χ0) is 23.5. The summed E-state index contributed by atoms with van der Waals surface area (Å²) in [5.41, 5.74) is 6.17. The number of carbonyl (C=O) groups is 1. The van der Waals surface area contributed by atoms with Gasteiger partial charge in [0.2, 0.25) is 0 Å². The van der Waals surface area contributed by atoms with Gasteiger partial charge < -0.3 is 5.32 Å². The number of nitrogens with one attached hydrogen (secondary N) is 2. The van der Waals surface area contributed by atoms with Gasteiger partial charge in [0.15, 0.2) is 5.13 Å². The number of benzene rings is 1. The molecular weight excluding hydrogens is 444 g/mol. The molecule has 34 heavy (non-hydrogen) atoms. The number of hydrogen-bond acceptors (Lipinski definition) is 5. The van der Waals surface area contributed by atoms with Crippen molar-refractivity contribution < 1.29 is 4.79 Å². The maximum absolute atomic E-state index is 12.2. The lowest BCUT2D eigenvalue weighted by atomic mass is 10.1. The van der Waals surface area contributed by atoms with Gasteiger partial charge in [-0.25, -0.2) is 14.8 Å². The number of carbonyl (C=O) groups excluding carboxylic acids is 1. The molecule has 1 aromatic carbocycles. The Morgan fingerprint density at radius 3 is 2.50 bits per heavy atom. The van der Waals surface area contributed by atoms with Crippen molar-refractivity contribution in [1.82, 2.24) is 24.7 Å². The van der Waals surface area contributed by atoms with Gasteiger partial charge in [-0.2, -0.15) is 0 Å². The van der Waals surface area contributed by atoms with Crippen LogP contribution in [0.15, 0.2) is 79.5 Å². The number of pyridine rings is 2. The van der Waals surface area contributed by atoms with E-state index < -0.39 is 0 Å². The fraction of sp³-hybridized carbons (Fsp3) is 0.154. The molecule has 0 aliphatic rings. The Kier molecular flexibility index (Phi) is 6.05.